The number of rotatable bonds is 4. The third-order valence-electron chi connectivity index (χ3n) is 2.68. The molecule has 0 saturated heterocycles. The average molecular weight is 310 g/mol. The van der Waals surface area contributed by atoms with Crippen molar-refractivity contribution in [1.82, 2.24) is 4.98 Å². The lowest BCUT2D eigenvalue weighted by Gasteiger charge is -2.02. The van der Waals surface area contributed by atoms with Gasteiger partial charge in [0.1, 0.15) is 28.8 Å². The molecule has 6 nitrogen and oxygen atoms in total. The zero-order valence-corrected chi connectivity index (χ0v) is 12.1. The van der Waals surface area contributed by atoms with Gasteiger partial charge in [0.15, 0.2) is 0 Å². The fourth-order valence-electron chi connectivity index (χ4n) is 1.64. The minimum Gasteiger partial charge on any atom is -0.465 e. The number of aryl methyl sites for hydroxylation is 1. The van der Waals surface area contributed by atoms with E-state index in [1.807, 2.05) is 0 Å². The molecule has 0 aliphatic rings. The molecule has 0 amide bonds. The van der Waals surface area contributed by atoms with Gasteiger partial charge in [0, 0.05) is 6.20 Å². The van der Waals surface area contributed by atoms with Crippen molar-refractivity contribution in [3.63, 3.8) is 0 Å². The Morgan fingerprint density at radius 2 is 2.10 bits per heavy atom. The molecule has 0 spiro atoms. The second-order valence-electron chi connectivity index (χ2n) is 4.12. The predicted octanol–water partition coefficient (Wildman–Crippen LogP) is 2.78. The van der Waals surface area contributed by atoms with E-state index in [1.165, 1.54) is 31.5 Å². The van der Waals surface area contributed by atoms with Gasteiger partial charge in [0.2, 0.25) is 0 Å². The zero-order valence-electron chi connectivity index (χ0n) is 11.4. The third-order valence-corrected chi connectivity index (χ3v) is 2.91. The van der Waals surface area contributed by atoms with Crippen molar-refractivity contribution >= 4 is 23.5 Å². The van der Waals surface area contributed by atoms with E-state index in [1.54, 1.807) is 6.92 Å². The number of aromatic nitrogens is 1. The van der Waals surface area contributed by atoms with Gasteiger partial charge in [-0.1, -0.05) is 11.6 Å². The van der Waals surface area contributed by atoms with E-state index in [0.717, 1.165) is 0 Å². The van der Waals surface area contributed by atoms with E-state index >= 15 is 0 Å². The Morgan fingerprint density at radius 1 is 1.33 bits per heavy atom. The highest BCUT2D eigenvalue weighted by Crippen LogP contribution is 2.17. The van der Waals surface area contributed by atoms with Gasteiger partial charge in [0.05, 0.1) is 12.7 Å². The molecule has 0 aromatic carbocycles. The van der Waals surface area contributed by atoms with Crippen molar-refractivity contribution in [3.05, 3.63) is 52.2 Å². The van der Waals surface area contributed by atoms with E-state index < -0.39 is 11.9 Å². The van der Waals surface area contributed by atoms with E-state index in [0.29, 0.717) is 17.1 Å². The Hall–Kier alpha value is -2.34. The summed E-state index contributed by atoms with van der Waals surface area (Å²) >= 11 is 5.63. The summed E-state index contributed by atoms with van der Waals surface area (Å²) in [5.74, 6) is -0.312. The van der Waals surface area contributed by atoms with Gasteiger partial charge in [-0.25, -0.2) is 14.6 Å². The molecular formula is C14H12ClNO5. The number of halogens is 1. The highest BCUT2D eigenvalue weighted by molar-refractivity contribution is 6.29. The van der Waals surface area contributed by atoms with Gasteiger partial charge < -0.3 is 13.9 Å². The highest BCUT2D eigenvalue weighted by atomic mass is 35.5. The van der Waals surface area contributed by atoms with E-state index in [-0.39, 0.29) is 17.3 Å². The lowest BCUT2D eigenvalue weighted by Crippen LogP contribution is -2.05. The molecule has 21 heavy (non-hydrogen) atoms. The van der Waals surface area contributed by atoms with E-state index in [2.05, 4.69) is 9.72 Å². The SMILES string of the molecule is COC(=O)c1cc(COC(=O)c2ccc(Cl)nc2)oc1C. The van der Waals surface area contributed by atoms with Gasteiger partial charge >= 0.3 is 11.9 Å². The number of esters is 2. The first kappa shape index (κ1) is 15.1. The number of ether oxygens (including phenoxy) is 2. The summed E-state index contributed by atoms with van der Waals surface area (Å²) in [6.45, 7) is 1.53. The molecule has 2 aromatic rings. The van der Waals surface area contributed by atoms with Gasteiger partial charge in [-0.2, -0.15) is 0 Å². The van der Waals surface area contributed by atoms with Crippen LogP contribution in [0.2, 0.25) is 5.15 Å². The zero-order chi connectivity index (χ0) is 15.4. The molecule has 0 fully saturated rings. The molecule has 0 aliphatic carbocycles. The van der Waals surface area contributed by atoms with Crippen LogP contribution >= 0.6 is 11.6 Å². The monoisotopic (exact) mass is 309 g/mol. The quantitative estimate of drug-likeness (QED) is 0.638. The molecule has 2 rings (SSSR count). The Labute approximate surface area is 125 Å². The maximum absolute atomic E-state index is 11.8. The number of carbonyl (C=O) groups excluding carboxylic acids is 2. The van der Waals surface area contributed by atoms with Crippen LogP contribution in [0.15, 0.2) is 28.8 Å². The lowest BCUT2D eigenvalue weighted by molar-refractivity contribution is 0.0443. The molecule has 0 atom stereocenters. The fraction of sp³-hybridized carbons (Fsp3) is 0.214. The second-order valence-corrected chi connectivity index (χ2v) is 4.51. The van der Waals surface area contributed by atoms with Gasteiger partial charge in [-0.15, -0.1) is 0 Å². The van der Waals surface area contributed by atoms with Crippen LogP contribution in [0.5, 0.6) is 0 Å². The summed E-state index contributed by atoms with van der Waals surface area (Å²) in [5.41, 5.74) is 0.576. The Bertz CT molecular complexity index is 663. The van der Waals surface area contributed by atoms with Crippen molar-refractivity contribution in [2.75, 3.05) is 7.11 Å². The van der Waals surface area contributed by atoms with Gasteiger partial charge in [-0.3, -0.25) is 0 Å². The van der Waals surface area contributed by atoms with Crippen LogP contribution < -0.4 is 0 Å². The minimum absolute atomic E-state index is 0.0979. The van der Waals surface area contributed by atoms with Gasteiger partial charge in [0.25, 0.3) is 0 Å². The third kappa shape index (κ3) is 3.61. The van der Waals surface area contributed by atoms with Crippen molar-refractivity contribution in [3.8, 4) is 0 Å². The number of furan rings is 1. The van der Waals surface area contributed by atoms with Crippen molar-refractivity contribution in [2.45, 2.75) is 13.5 Å². The van der Waals surface area contributed by atoms with Crippen LogP contribution in [0, 0.1) is 6.92 Å². The van der Waals surface area contributed by atoms with E-state index in [9.17, 15) is 9.59 Å². The standard InChI is InChI=1S/C14H12ClNO5/c1-8-11(14(18)19-2)5-10(21-8)7-20-13(17)9-3-4-12(15)16-6-9/h3-6H,7H2,1-2H3. The normalized spacial score (nSPS) is 10.2. The number of pyridine rings is 1. The molecule has 0 saturated carbocycles. The highest BCUT2D eigenvalue weighted by Gasteiger charge is 2.16. The largest absolute Gasteiger partial charge is 0.465 e. The van der Waals surface area contributed by atoms with Crippen LogP contribution in [0.4, 0.5) is 0 Å². The maximum Gasteiger partial charge on any atom is 0.341 e. The lowest BCUT2D eigenvalue weighted by atomic mass is 10.2. The van der Waals surface area contributed by atoms with Gasteiger partial charge in [-0.05, 0) is 25.1 Å². The van der Waals surface area contributed by atoms with Crippen LogP contribution in [0.1, 0.15) is 32.2 Å². The van der Waals surface area contributed by atoms with Crippen molar-refractivity contribution in [1.29, 1.82) is 0 Å². The first-order valence-electron chi connectivity index (χ1n) is 5.97. The molecule has 0 aliphatic heterocycles. The smallest absolute Gasteiger partial charge is 0.341 e. The molecule has 2 heterocycles. The molecule has 2 aromatic heterocycles. The fourth-order valence-corrected chi connectivity index (χ4v) is 1.76. The molecular weight excluding hydrogens is 298 g/mol. The van der Waals surface area contributed by atoms with Crippen LogP contribution in [-0.2, 0) is 16.1 Å². The molecule has 110 valence electrons. The van der Waals surface area contributed by atoms with Crippen molar-refractivity contribution < 1.29 is 23.5 Å². The predicted molar refractivity (Wildman–Crippen MR) is 73.2 cm³/mol. The first-order valence-corrected chi connectivity index (χ1v) is 6.35. The number of hydrogen-bond donors (Lipinski definition) is 0. The summed E-state index contributed by atoms with van der Waals surface area (Å²) in [6, 6.07) is 4.48. The number of methoxy groups -OCH3 is 1. The Morgan fingerprint density at radius 3 is 2.71 bits per heavy atom. The second kappa shape index (κ2) is 6.41. The summed E-state index contributed by atoms with van der Waals surface area (Å²) in [4.78, 5) is 27.0. The average Bonchev–Trinajstić information content (AvgIpc) is 2.86. The topological polar surface area (TPSA) is 78.6 Å². The minimum atomic E-state index is -0.562. The summed E-state index contributed by atoms with van der Waals surface area (Å²) in [5, 5.41) is 0.288. The molecule has 0 N–H and O–H groups in total. The first-order chi connectivity index (χ1) is 10.0. The molecule has 7 heteroatoms. The Balaban J connectivity index is 2.01. The van der Waals surface area contributed by atoms with Crippen LogP contribution in [-0.4, -0.2) is 24.0 Å². The summed E-state index contributed by atoms with van der Waals surface area (Å²) < 4.78 is 15.0. The van der Waals surface area contributed by atoms with E-state index in [4.69, 9.17) is 20.8 Å². The number of carbonyl (C=O) groups is 2. The van der Waals surface area contributed by atoms with Crippen molar-refractivity contribution in [2.24, 2.45) is 0 Å². The Kier molecular flexibility index (Phi) is 4.59. The summed E-state index contributed by atoms with van der Waals surface area (Å²) in [7, 11) is 1.28. The molecule has 0 unspecified atom stereocenters. The number of hydrogen-bond acceptors (Lipinski definition) is 6. The molecule has 0 bridgehead atoms. The summed E-state index contributed by atoms with van der Waals surface area (Å²) in [6.07, 6.45) is 1.32. The maximum atomic E-state index is 11.8. The van der Waals surface area contributed by atoms with Crippen LogP contribution in [0.25, 0.3) is 0 Å². The molecule has 0 radical (unpaired) electrons. The number of nitrogens with zero attached hydrogens (tertiary/aromatic N) is 1. The van der Waals surface area contributed by atoms with Crippen LogP contribution in [0.3, 0.4) is 0 Å².